The first kappa shape index (κ1) is 10.2. The molecule has 1 aromatic rings. The van der Waals surface area contributed by atoms with E-state index in [1.54, 1.807) is 0 Å². The molecule has 14 heavy (non-hydrogen) atoms. The molecule has 1 aliphatic rings. The van der Waals surface area contributed by atoms with Crippen LogP contribution in [0.4, 0.5) is 0 Å². The van der Waals surface area contributed by atoms with Crippen molar-refractivity contribution in [3.63, 3.8) is 0 Å². The molecule has 0 aromatic carbocycles. The first-order valence-electron chi connectivity index (χ1n) is 4.98. The fourth-order valence-corrected chi connectivity index (χ4v) is 2.14. The molecule has 0 unspecified atom stereocenters. The van der Waals surface area contributed by atoms with Crippen LogP contribution in [0, 0.1) is 0 Å². The van der Waals surface area contributed by atoms with E-state index in [2.05, 4.69) is 49.9 Å². The molecule has 78 valence electrons. The van der Waals surface area contributed by atoms with Crippen molar-refractivity contribution in [2.75, 3.05) is 33.2 Å². The number of aromatic nitrogens is 1. The van der Waals surface area contributed by atoms with Gasteiger partial charge in [0.25, 0.3) is 0 Å². The van der Waals surface area contributed by atoms with E-state index in [0.717, 1.165) is 11.1 Å². The smallest absolute Gasteiger partial charge is 0.0822 e. The molecule has 1 N–H and O–H groups in total. The van der Waals surface area contributed by atoms with E-state index >= 15 is 0 Å². The van der Waals surface area contributed by atoms with Crippen LogP contribution >= 0.6 is 15.9 Å². The second-order valence-corrected chi connectivity index (χ2v) is 4.77. The fraction of sp³-hybridized carbons (Fsp3) is 0.600. The van der Waals surface area contributed by atoms with Gasteiger partial charge >= 0.3 is 0 Å². The summed E-state index contributed by atoms with van der Waals surface area (Å²) in [6, 6.07) is 4.20. The van der Waals surface area contributed by atoms with E-state index in [-0.39, 0.29) is 0 Å². The summed E-state index contributed by atoms with van der Waals surface area (Å²) in [5, 5.41) is 0. The quantitative estimate of drug-likeness (QED) is 0.869. The minimum absolute atomic E-state index is 1.04. The number of hydrogen-bond acceptors (Lipinski definition) is 2. The zero-order valence-corrected chi connectivity index (χ0v) is 10.0. The molecule has 0 amide bonds. The zero-order chi connectivity index (χ0) is 9.97. The van der Waals surface area contributed by atoms with E-state index in [1.165, 1.54) is 31.9 Å². The molecule has 0 atom stereocenters. The van der Waals surface area contributed by atoms with Crippen LogP contribution in [0.2, 0.25) is 0 Å². The molecule has 4 heteroatoms. The number of nitrogens with one attached hydrogen (secondary N) is 1. The fourth-order valence-electron chi connectivity index (χ4n) is 1.75. The highest BCUT2D eigenvalue weighted by Gasteiger charge is 2.13. The largest absolute Gasteiger partial charge is 0.352 e. The molecule has 2 heterocycles. The monoisotopic (exact) mass is 257 g/mol. The molecule has 0 aliphatic carbocycles. The number of halogens is 1. The Balaban J connectivity index is 1.86. The predicted octanol–water partition coefficient (Wildman–Crippen LogP) is 1.52. The van der Waals surface area contributed by atoms with Crippen LogP contribution in [0.1, 0.15) is 5.69 Å². The molecule has 3 nitrogen and oxygen atoms in total. The summed E-state index contributed by atoms with van der Waals surface area (Å²) in [5.41, 5.74) is 1.29. The maximum absolute atomic E-state index is 3.42. The second kappa shape index (κ2) is 4.47. The average molecular weight is 258 g/mol. The Kier molecular flexibility index (Phi) is 3.26. The molecule has 1 saturated heterocycles. The first-order chi connectivity index (χ1) is 6.74. The van der Waals surface area contributed by atoms with Crippen molar-refractivity contribution in [2.24, 2.45) is 0 Å². The normalized spacial score (nSPS) is 20.1. The maximum atomic E-state index is 3.42. The molecule has 1 aromatic heterocycles. The highest BCUT2D eigenvalue weighted by atomic mass is 79.9. The minimum Gasteiger partial charge on any atom is -0.352 e. The van der Waals surface area contributed by atoms with Crippen LogP contribution in [0.15, 0.2) is 16.7 Å². The van der Waals surface area contributed by atoms with Gasteiger partial charge < -0.3 is 9.88 Å². The Hall–Kier alpha value is -0.320. The Morgan fingerprint density at radius 1 is 1.29 bits per heavy atom. The van der Waals surface area contributed by atoms with Crippen LogP contribution in [0.5, 0.6) is 0 Å². The summed E-state index contributed by atoms with van der Waals surface area (Å²) in [7, 11) is 2.18. The van der Waals surface area contributed by atoms with Gasteiger partial charge in [0.1, 0.15) is 0 Å². The second-order valence-electron chi connectivity index (χ2n) is 3.91. The van der Waals surface area contributed by atoms with Crippen LogP contribution in [0.25, 0.3) is 0 Å². The van der Waals surface area contributed by atoms with Crippen molar-refractivity contribution in [3.05, 3.63) is 22.4 Å². The molecular weight excluding hydrogens is 242 g/mol. The number of rotatable bonds is 2. The lowest BCUT2D eigenvalue weighted by atomic mass is 10.3. The van der Waals surface area contributed by atoms with Crippen LogP contribution in [-0.2, 0) is 6.54 Å². The lowest BCUT2D eigenvalue weighted by Crippen LogP contribution is -2.43. The average Bonchev–Trinajstić information content (AvgIpc) is 2.56. The van der Waals surface area contributed by atoms with Gasteiger partial charge in [-0.3, -0.25) is 4.90 Å². The molecule has 1 aliphatic heterocycles. The SMILES string of the molecule is CN1CCN(Cc2ccc(Br)[nH]2)CC1. The summed E-state index contributed by atoms with van der Waals surface area (Å²) in [5.74, 6) is 0. The summed E-state index contributed by atoms with van der Waals surface area (Å²) >= 11 is 3.42. The first-order valence-corrected chi connectivity index (χ1v) is 5.77. The van der Waals surface area contributed by atoms with Crippen LogP contribution in [-0.4, -0.2) is 48.0 Å². The Bertz CT molecular complexity index is 289. The van der Waals surface area contributed by atoms with Gasteiger partial charge in [-0.15, -0.1) is 0 Å². The van der Waals surface area contributed by atoms with Crippen molar-refractivity contribution >= 4 is 15.9 Å². The molecule has 0 saturated carbocycles. The lowest BCUT2D eigenvalue weighted by molar-refractivity contribution is 0.147. The number of nitrogens with zero attached hydrogens (tertiary/aromatic N) is 2. The summed E-state index contributed by atoms with van der Waals surface area (Å²) < 4.78 is 1.07. The van der Waals surface area contributed by atoms with Gasteiger partial charge in [0.15, 0.2) is 0 Å². The third kappa shape index (κ3) is 2.59. The van der Waals surface area contributed by atoms with Gasteiger partial charge in [-0.05, 0) is 35.1 Å². The van der Waals surface area contributed by atoms with Crippen molar-refractivity contribution in [2.45, 2.75) is 6.54 Å². The predicted molar refractivity (Wildman–Crippen MR) is 61.3 cm³/mol. The van der Waals surface area contributed by atoms with Crippen molar-refractivity contribution in [1.29, 1.82) is 0 Å². The maximum Gasteiger partial charge on any atom is 0.0822 e. The summed E-state index contributed by atoms with van der Waals surface area (Å²) in [6.07, 6.45) is 0. The number of hydrogen-bond donors (Lipinski definition) is 1. The van der Waals surface area contributed by atoms with Crippen LogP contribution in [0.3, 0.4) is 0 Å². The Labute approximate surface area is 93.2 Å². The van der Waals surface area contributed by atoms with E-state index in [4.69, 9.17) is 0 Å². The van der Waals surface area contributed by atoms with Crippen molar-refractivity contribution in [3.8, 4) is 0 Å². The van der Waals surface area contributed by atoms with E-state index in [1.807, 2.05) is 0 Å². The molecular formula is C10H16BrN3. The lowest BCUT2D eigenvalue weighted by Gasteiger charge is -2.31. The van der Waals surface area contributed by atoms with Gasteiger partial charge in [-0.2, -0.15) is 0 Å². The third-order valence-corrected chi connectivity index (χ3v) is 3.16. The van der Waals surface area contributed by atoms with E-state index < -0.39 is 0 Å². The molecule has 1 fully saturated rings. The standard InChI is InChI=1S/C10H16BrN3/c1-13-4-6-14(7-5-13)8-9-2-3-10(11)12-9/h2-3,12H,4-8H2,1H3. The summed E-state index contributed by atoms with van der Waals surface area (Å²) in [4.78, 5) is 8.16. The number of aromatic amines is 1. The molecule has 0 spiro atoms. The van der Waals surface area contributed by atoms with Crippen molar-refractivity contribution < 1.29 is 0 Å². The number of likely N-dealkylation sites (N-methyl/N-ethyl adjacent to an activating group) is 1. The minimum atomic E-state index is 1.04. The number of piperazine rings is 1. The van der Waals surface area contributed by atoms with E-state index in [0.29, 0.717) is 0 Å². The molecule has 0 radical (unpaired) electrons. The van der Waals surface area contributed by atoms with Gasteiger partial charge in [-0.1, -0.05) is 0 Å². The van der Waals surface area contributed by atoms with Gasteiger partial charge in [0.05, 0.1) is 4.60 Å². The topological polar surface area (TPSA) is 22.3 Å². The Morgan fingerprint density at radius 3 is 2.57 bits per heavy atom. The number of H-pyrrole nitrogens is 1. The summed E-state index contributed by atoms with van der Waals surface area (Å²) in [6.45, 7) is 5.75. The van der Waals surface area contributed by atoms with Crippen LogP contribution < -0.4 is 0 Å². The van der Waals surface area contributed by atoms with Gasteiger partial charge in [0, 0.05) is 38.4 Å². The van der Waals surface area contributed by atoms with E-state index in [9.17, 15) is 0 Å². The van der Waals surface area contributed by atoms with Gasteiger partial charge in [0.2, 0.25) is 0 Å². The van der Waals surface area contributed by atoms with Gasteiger partial charge in [-0.25, -0.2) is 0 Å². The zero-order valence-electron chi connectivity index (χ0n) is 8.46. The Morgan fingerprint density at radius 2 is 2.00 bits per heavy atom. The third-order valence-electron chi connectivity index (χ3n) is 2.70. The molecule has 0 bridgehead atoms. The molecule has 2 rings (SSSR count). The highest BCUT2D eigenvalue weighted by molar-refractivity contribution is 9.10. The van der Waals surface area contributed by atoms with Crippen molar-refractivity contribution in [1.82, 2.24) is 14.8 Å². The highest BCUT2D eigenvalue weighted by Crippen LogP contribution is 2.11.